The highest BCUT2D eigenvalue weighted by molar-refractivity contribution is 14.1. The van der Waals surface area contributed by atoms with E-state index in [-0.39, 0.29) is 49.8 Å². The van der Waals surface area contributed by atoms with Crippen molar-refractivity contribution in [1.29, 1.82) is 0 Å². The first-order chi connectivity index (χ1) is 20.7. The number of hydrogen-bond acceptors (Lipinski definition) is 7. The number of carbonyl (C=O) groups is 2. The molecule has 6 rings (SSSR count). The van der Waals surface area contributed by atoms with Crippen LogP contribution in [0.4, 0.5) is 0 Å². The van der Waals surface area contributed by atoms with Crippen molar-refractivity contribution in [3.8, 4) is 11.5 Å². The minimum absolute atomic E-state index is 0.0356. The van der Waals surface area contributed by atoms with Crippen LogP contribution < -0.4 is 14.8 Å². The Kier molecular flexibility index (Phi) is 10.4. The number of amides is 2. The second-order valence-electron chi connectivity index (χ2n) is 13.0. The van der Waals surface area contributed by atoms with Gasteiger partial charge in [0.1, 0.15) is 12.2 Å². The summed E-state index contributed by atoms with van der Waals surface area (Å²) in [6.07, 6.45) is 9.52. The normalized spacial score (nSPS) is 30.9. The predicted molar refractivity (Wildman–Crippen MR) is 170 cm³/mol. The number of aliphatic hydroxyl groups is 3. The third-order valence-corrected chi connectivity index (χ3v) is 10.7. The van der Waals surface area contributed by atoms with Crippen LogP contribution in [-0.4, -0.2) is 77.1 Å². The number of benzene rings is 1. The Hall–Kier alpha value is -2.15. The van der Waals surface area contributed by atoms with Crippen molar-refractivity contribution in [2.24, 2.45) is 23.2 Å². The zero-order valence-corrected chi connectivity index (χ0v) is 27.1. The first-order valence-corrected chi connectivity index (χ1v) is 16.6. The lowest BCUT2D eigenvalue weighted by Crippen LogP contribution is -2.59. The summed E-state index contributed by atoms with van der Waals surface area (Å²) in [4.78, 5) is 29.1. The van der Waals surface area contributed by atoms with Gasteiger partial charge in [-0.1, -0.05) is 6.08 Å². The Morgan fingerprint density at radius 3 is 2.42 bits per heavy atom. The Morgan fingerprint density at radius 1 is 1.16 bits per heavy atom. The van der Waals surface area contributed by atoms with E-state index in [9.17, 15) is 24.9 Å². The molecule has 0 saturated heterocycles. The van der Waals surface area contributed by atoms with Crippen molar-refractivity contribution >= 4 is 34.4 Å². The molecule has 0 heterocycles. The second-order valence-corrected chi connectivity index (χ2v) is 14.2. The van der Waals surface area contributed by atoms with E-state index in [2.05, 4.69) is 34.5 Å². The van der Waals surface area contributed by atoms with Gasteiger partial charge in [-0.2, -0.15) is 0 Å². The van der Waals surface area contributed by atoms with E-state index in [0.29, 0.717) is 56.9 Å². The summed E-state index contributed by atoms with van der Waals surface area (Å²) in [5.41, 5.74) is 1.10. The number of halogens is 1. The summed E-state index contributed by atoms with van der Waals surface area (Å²) in [5, 5.41) is 33.7. The van der Waals surface area contributed by atoms with Gasteiger partial charge in [-0.25, -0.2) is 0 Å². The van der Waals surface area contributed by atoms with Crippen LogP contribution in [0.5, 0.6) is 11.5 Å². The van der Waals surface area contributed by atoms with Crippen LogP contribution in [0.25, 0.3) is 0 Å². The number of aliphatic hydroxyl groups excluding tert-OH is 3. The van der Waals surface area contributed by atoms with Gasteiger partial charge >= 0.3 is 0 Å². The molecule has 0 aliphatic heterocycles. The van der Waals surface area contributed by atoms with Crippen LogP contribution in [0.2, 0.25) is 0 Å². The van der Waals surface area contributed by atoms with Gasteiger partial charge in [0, 0.05) is 31.5 Å². The van der Waals surface area contributed by atoms with Crippen LogP contribution in [0, 0.1) is 26.7 Å². The SMILES string of the molecule is C=CCCC(=O)N(CC12CC3CC(CC(C3)C1)C2)C1CC(C(=O)NCCO)=CC(Oc2c(I)cc(CO)cc2OC)C1O. The maximum absolute atomic E-state index is 13.9. The van der Waals surface area contributed by atoms with Crippen molar-refractivity contribution in [2.45, 2.75) is 82.6 Å². The molecule has 1 aromatic rings. The lowest BCUT2D eigenvalue weighted by atomic mass is 9.49. The van der Waals surface area contributed by atoms with E-state index in [1.54, 1.807) is 24.3 Å². The number of ether oxygens (including phenoxy) is 2. The molecule has 9 nitrogen and oxygen atoms in total. The van der Waals surface area contributed by atoms with Gasteiger partial charge in [-0.15, -0.1) is 6.58 Å². The molecule has 4 bridgehead atoms. The summed E-state index contributed by atoms with van der Waals surface area (Å²) in [6.45, 7) is 4.11. The van der Waals surface area contributed by atoms with Gasteiger partial charge in [0.25, 0.3) is 0 Å². The van der Waals surface area contributed by atoms with E-state index in [1.807, 2.05) is 4.90 Å². The molecule has 236 valence electrons. The topological polar surface area (TPSA) is 129 Å². The summed E-state index contributed by atoms with van der Waals surface area (Å²) < 4.78 is 12.7. The van der Waals surface area contributed by atoms with Crippen LogP contribution in [0.1, 0.15) is 63.4 Å². The number of methoxy groups -OCH3 is 1. The zero-order chi connectivity index (χ0) is 30.7. The summed E-state index contributed by atoms with van der Waals surface area (Å²) in [7, 11) is 1.51. The van der Waals surface area contributed by atoms with Crippen molar-refractivity contribution in [3.63, 3.8) is 0 Å². The highest BCUT2D eigenvalue weighted by atomic mass is 127. The Balaban J connectivity index is 1.49. The minimum atomic E-state index is -1.10. The van der Waals surface area contributed by atoms with Crippen LogP contribution in [0.3, 0.4) is 0 Å². The smallest absolute Gasteiger partial charge is 0.247 e. The first-order valence-electron chi connectivity index (χ1n) is 15.5. The fourth-order valence-corrected chi connectivity index (χ4v) is 9.29. The number of rotatable bonds is 13. The number of nitrogens with one attached hydrogen (secondary N) is 1. The molecule has 0 spiro atoms. The molecule has 4 fully saturated rings. The number of nitrogens with zero attached hydrogens (tertiary/aromatic N) is 1. The van der Waals surface area contributed by atoms with Crippen molar-refractivity contribution in [1.82, 2.24) is 10.2 Å². The van der Waals surface area contributed by atoms with Gasteiger partial charge in [0.05, 0.1) is 29.9 Å². The molecule has 3 unspecified atom stereocenters. The van der Waals surface area contributed by atoms with Gasteiger partial charge in [-0.3, -0.25) is 9.59 Å². The maximum atomic E-state index is 13.9. The molecule has 10 heteroatoms. The molecule has 5 aliphatic carbocycles. The molecule has 0 radical (unpaired) electrons. The fraction of sp³-hybridized carbons (Fsp3) is 0.636. The third kappa shape index (κ3) is 7.07. The standard InChI is InChI=1S/C33H45IN2O7/c1-3-4-5-29(39)36(19-33-15-20-8-21(16-33)10-22(9-20)17-33)26-13-24(32(41)35-6-7-37)14-27(30(26)40)43-31-25(34)11-23(18-38)12-28(31)42-2/h3,11-12,14,20-22,26-27,30,37-38,40H,1,4-10,13,15-19H2,2H3,(H,35,41). The van der Waals surface area contributed by atoms with Crippen LogP contribution >= 0.6 is 22.6 Å². The monoisotopic (exact) mass is 708 g/mol. The van der Waals surface area contributed by atoms with E-state index in [4.69, 9.17) is 9.47 Å². The number of hydrogen-bond donors (Lipinski definition) is 4. The summed E-state index contributed by atoms with van der Waals surface area (Å²) in [5.74, 6) is 2.51. The van der Waals surface area contributed by atoms with E-state index >= 15 is 0 Å². The summed E-state index contributed by atoms with van der Waals surface area (Å²) >= 11 is 2.10. The van der Waals surface area contributed by atoms with Crippen molar-refractivity contribution in [2.75, 3.05) is 26.8 Å². The van der Waals surface area contributed by atoms with Crippen LogP contribution in [0.15, 0.2) is 36.4 Å². The van der Waals surface area contributed by atoms with E-state index < -0.39 is 18.2 Å². The Labute approximate surface area is 267 Å². The van der Waals surface area contributed by atoms with Gasteiger partial charge in [0.15, 0.2) is 11.5 Å². The Morgan fingerprint density at radius 2 is 1.84 bits per heavy atom. The summed E-state index contributed by atoms with van der Waals surface area (Å²) in [6, 6.07) is 2.79. The molecule has 3 atom stereocenters. The molecule has 2 amide bonds. The molecule has 5 aliphatic rings. The number of allylic oxidation sites excluding steroid dienone is 1. The van der Waals surface area contributed by atoms with E-state index in [0.717, 1.165) is 19.3 Å². The van der Waals surface area contributed by atoms with Gasteiger partial charge in [0.2, 0.25) is 11.8 Å². The quantitative estimate of drug-likeness (QED) is 0.182. The van der Waals surface area contributed by atoms with Crippen LogP contribution in [-0.2, 0) is 16.2 Å². The Bertz CT molecular complexity index is 1200. The molecule has 0 aromatic heterocycles. The fourth-order valence-electron chi connectivity index (χ4n) is 8.50. The van der Waals surface area contributed by atoms with Gasteiger partial charge in [-0.05, 0) is 114 Å². The lowest BCUT2D eigenvalue weighted by Gasteiger charge is -2.58. The van der Waals surface area contributed by atoms with Crippen molar-refractivity contribution in [3.05, 3.63) is 45.6 Å². The average molecular weight is 709 g/mol. The third-order valence-electron chi connectivity index (χ3n) is 9.89. The molecular formula is C33H45IN2O7. The van der Waals surface area contributed by atoms with Crippen molar-refractivity contribution < 1.29 is 34.4 Å². The highest BCUT2D eigenvalue weighted by Gasteiger charge is 2.53. The second kappa shape index (κ2) is 13.9. The molecule has 4 saturated carbocycles. The maximum Gasteiger partial charge on any atom is 0.247 e. The van der Waals surface area contributed by atoms with Gasteiger partial charge < -0.3 is 35.0 Å². The largest absolute Gasteiger partial charge is 0.493 e. The number of carbonyl (C=O) groups excluding carboxylic acids is 2. The molecular weight excluding hydrogens is 663 g/mol. The molecule has 4 N–H and O–H groups in total. The van der Waals surface area contributed by atoms with E-state index in [1.165, 1.54) is 26.4 Å². The first kappa shape index (κ1) is 32.2. The highest BCUT2D eigenvalue weighted by Crippen LogP contribution is 2.60. The molecule has 1 aromatic carbocycles. The predicted octanol–water partition coefficient (Wildman–Crippen LogP) is 3.72. The lowest BCUT2D eigenvalue weighted by molar-refractivity contribution is -0.147. The molecule has 43 heavy (non-hydrogen) atoms. The minimum Gasteiger partial charge on any atom is -0.493 e. The average Bonchev–Trinajstić information content (AvgIpc) is 2.98. The zero-order valence-electron chi connectivity index (χ0n) is 25.0.